The molecule has 34 heavy (non-hydrogen) atoms. The molecule has 0 radical (unpaired) electrons. The lowest BCUT2D eigenvalue weighted by molar-refractivity contribution is 0.326. The molecule has 1 saturated carbocycles. The van der Waals surface area contributed by atoms with E-state index >= 15 is 0 Å². The summed E-state index contributed by atoms with van der Waals surface area (Å²) in [6.07, 6.45) is 5.42. The molecule has 0 bridgehead atoms. The van der Waals surface area contributed by atoms with Gasteiger partial charge in [0.15, 0.2) is 0 Å². The van der Waals surface area contributed by atoms with Gasteiger partial charge in [0.1, 0.15) is 0 Å². The lowest BCUT2D eigenvalue weighted by Crippen LogP contribution is -2.43. The van der Waals surface area contributed by atoms with Gasteiger partial charge in [-0.1, -0.05) is 73.2 Å². The van der Waals surface area contributed by atoms with E-state index in [0.717, 1.165) is 36.8 Å². The monoisotopic (exact) mass is 500 g/mol. The third-order valence-corrected chi connectivity index (χ3v) is 9.28. The first kappa shape index (κ1) is 26.5. The van der Waals surface area contributed by atoms with Crippen LogP contribution in [0.15, 0.2) is 59.5 Å². The molecule has 1 unspecified atom stereocenters. The molecule has 1 aliphatic rings. The maximum absolute atomic E-state index is 13.6. The second-order valence-electron chi connectivity index (χ2n) is 9.94. The number of hydrogen-bond donors (Lipinski definition) is 1. The molecule has 0 saturated heterocycles. The maximum Gasteiger partial charge on any atom is 0.271 e. The van der Waals surface area contributed by atoms with E-state index in [1.807, 2.05) is 58.0 Å². The summed E-state index contributed by atoms with van der Waals surface area (Å²) in [6, 6.07) is 18.9. The van der Waals surface area contributed by atoms with Gasteiger partial charge in [-0.15, -0.1) is 0 Å². The average molecular weight is 501 g/mol. The number of aryl methyl sites for hydroxylation is 1. The van der Waals surface area contributed by atoms with E-state index in [0.29, 0.717) is 0 Å². The van der Waals surface area contributed by atoms with Crippen LogP contribution in [-0.2, 0) is 27.6 Å². The van der Waals surface area contributed by atoms with Crippen molar-refractivity contribution in [1.82, 2.24) is 9.03 Å². The molecule has 7 heteroatoms. The molecular formula is C27H36N2O3S2. The van der Waals surface area contributed by atoms with Crippen molar-refractivity contribution in [3.8, 4) is 12.0 Å². The van der Waals surface area contributed by atoms with Gasteiger partial charge in [0.2, 0.25) is 0 Å². The average Bonchev–Trinajstić information content (AvgIpc) is 2.81. The van der Waals surface area contributed by atoms with Crippen molar-refractivity contribution < 1.29 is 12.6 Å². The second-order valence-corrected chi connectivity index (χ2v) is 13.8. The summed E-state index contributed by atoms with van der Waals surface area (Å²) in [5.74, 6) is 3.44. The van der Waals surface area contributed by atoms with Crippen LogP contribution >= 0.6 is 0 Å². The second kappa shape index (κ2) is 11.5. The summed E-state index contributed by atoms with van der Waals surface area (Å²) in [7, 11) is -5.15. The Balaban J connectivity index is 1.98. The maximum atomic E-state index is 13.6. The van der Waals surface area contributed by atoms with Gasteiger partial charge in [0.05, 0.1) is 33.2 Å². The molecule has 2 aromatic carbocycles. The largest absolute Gasteiger partial charge is 0.271 e. The van der Waals surface area contributed by atoms with Gasteiger partial charge in [0, 0.05) is 6.04 Å². The van der Waals surface area contributed by atoms with Crippen LogP contribution in [0, 0.1) is 24.8 Å². The topological polar surface area (TPSA) is 66.5 Å². The highest BCUT2D eigenvalue weighted by Crippen LogP contribution is 2.27. The first-order chi connectivity index (χ1) is 16.1. The predicted octanol–water partition coefficient (Wildman–Crippen LogP) is 5.15. The zero-order chi connectivity index (χ0) is 24.8. The van der Waals surface area contributed by atoms with Gasteiger partial charge in [-0.05, 0) is 64.2 Å². The minimum Gasteiger partial charge on any atom is -0.242 e. The fraction of sp³-hybridized carbons (Fsp3) is 0.481. The Bertz CT molecular complexity index is 1120. The van der Waals surface area contributed by atoms with Gasteiger partial charge >= 0.3 is 0 Å². The number of hydrogen-bond acceptors (Lipinski definition) is 3. The van der Waals surface area contributed by atoms with Crippen molar-refractivity contribution in [2.75, 3.05) is 0 Å². The SMILES string of the molecule is Cc1ccc(S(=O)(=O)N(C#C[C@@H](NS(=O)C(C)(C)C)C2CCCCC2)Cc2ccccc2)cc1. The van der Waals surface area contributed by atoms with Crippen molar-refractivity contribution in [2.24, 2.45) is 5.92 Å². The van der Waals surface area contributed by atoms with Crippen LogP contribution in [0.2, 0.25) is 0 Å². The number of rotatable bonds is 7. The van der Waals surface area contributed by atoms with Gasteiger partial charge in [-0.2, -0.15) is 0 Å². The molecule has 1 fully saturated rings. The first-order valence-corrected chi connectivity index (χ1v) is 14.5. The molecule has 5 nitrogen and oxygen atoms in total. The van der Waals surface area contributed by atoms with Crippen LogP contribution in [-0.4, -0.2) is 27.7 Å². The number of nitrogens with one attached hydrogen (secondary N) is 1. The van der Waals surface area contributed by atoms with Crippen molar-refractivity contribution in [3.63, 3.8) is 0 Å². The van der Waals surface area contributed by atoms with Crippen molar-refractivity contribution in [3.05, 3.63) is 65.7 Å². The van der Waals surface area contributed by atoms with Crippen LogP contribution in [0.3, 0.4) is 0 Å². The number of sulfonamides is 1. The Kier molecular flexibility index (Phi) is 8.97. The fourth-order valence-electron chi connectivity index (χ4n) is 3.92. The normalized spacial score (nSPS) is 16.8. The van der Waals surface area contributed by atoms with Crippen LogP contribution < -0.4 is 4.72 Å². The summed E-state index contributed by atoms with van der Waals surface area (Å²) >= 11 is 0. The summed E-state index contributed by atoms with van der Waals surface area (Å²) in [5.41, 5.74) is 1.85. The van der Waals surface area contributed by atoms with Crippen molar-refractivity contribution in [2.45, 2.75) is 82.0 Å². The molecule has 2 atom stereocenters. The lowest BCUT2D eigenvalue weighted by atomic mass is 9.84. The molecule has 184 valence electrons. The zero-order valence-corrected chi connectivity index (χ0v) is 22.2. The van der Waals surface area contributed by atoms with E-state index in [1.165, 1.54) is 10.7 Å². The molecular weight excluding hydrogens is 464 g/mol. The smallest absolute Gasteiger partial charge is 0.242 e. The Morgan fingerprint density at radius 2 is 1.65 bits per heavy atom. The number of nitrogens with zero attached hydrogens (tertiary/aromatic N) is 1. The van der Waals surface area contributed by atoms with E-state index in [-0.39, 0.29) is 23.4 Å². The standard InChI is InChI=1S/C27H36N2O3S2/c1-22-15-17-25(18-16-22)34(31,32)29(21-23-11-7-5-8-12-23)20-19-26(24-13-9-6-10-14-24)28-33(30)27(2,3)4/h5,7-8,11-12,15-18,24,26,28H,6,9-10,13-14,21H2,1-4H3/t26-,33?/m1/s1. The zero-order valence-electron chi connectivity index (χ0n) is 20.6. The van der Waals surface area contributed by atoms with E-state index in [1.54, 1.807) is 24.3 Å². The van der Waals surface area contributed by atoms with Crippen LogP contribution in [0.5, 0.6) is 0 Å². The summed E-state index contributed by atoms with van der Waals surface area (Å²) in [4.78, 5) is 0.212. The van der Waals surface area contributed by atoms with Gasteiger partial charge in [-0.3, -0.25) is 0 Å². The van der Waals surface area contributed by atoms with E-state index in [4.69, 9.17) is 0 Å². The lowest BCUT2D eigenvalue weighted by Gasteiger charge is -2.30. The van der Waals surface area contributed by atoms with Gasteiger partial charge < -0.3 is 0 Å². The predicted molar refractivity (Wildman–Crippen MR) is 140 cm³/mol. The minimum absolute atomic E-state index is 0.143. The number of benzene rings is 2. The van der Waals surface area contributed by atoms with E-state index < -0.39 is 25.8 Å². The fourth-order valence-corrected chi connectivity index (χ4v) is 5.98. The highest BCUT2D eigenvalue weighted by Gasteiger charge is 2.29. The molecule has 2 aromatic rings. The van der Waals surface area contributed by atoms with Gasteiger partial charge in [-0.25, -0.2) is 21.7 Å². The van der Waals surface area contributed by atoms with Crippen LogP contribution in [0.4, 0.5) is 0 Å². The molecule has 1 N–H and O–H groups in total. The molecule has 0 aliphatic heterocycles. The quantitative estimate of drug-likeness (QED) is 0.422. The highest BCUT2D eigenvalue weighted by atomic mass is 32.2. The summed E-state index contributed by atoms with van der Waals surface area (Å²) < 4.78 is 44.0. The third kappa shape index (κ3) is 7.18. The van der Waals surface area contributed by atoms with Crippen LogP contribution in [0.25, 0.3) is 0 Å². The Morgan fingerprint density at radius 1 is 1.03 bits per heavy atom. The molecule has 0 aromatic heterocycles. The first-order valence-electron chi connectivity index (χ1n) is 11.9. The Labute approximate surface area is 208 Å². The molecule has 3 rings (SSSR count). The van der Waals surface area contributed by atoms with E-state index in [2.05, 4.69) is 16.7 Å². The van der Waals surface area contributed by atoms with Crippen molar-refractivity contribution >= 4 is 21.0 Å². The third-order valence-electron chi connectivity index (χ3n) is 6.03. The summed E-state index contributed by atoms with van der Waals surface area (Å²) in [5, 5.41) is 0. The summed E-state index contributed by atoms with van der Waals surface area (Å²) in [6.45, 7) is 7.83. The van der Waals surface area contributed by atoms with Gasteiger partial charge in [0.25, 0.3) is 10.0 Å². The molecule has 1 aliphatic carbocycles. The molecule has 0 spiro atoms. The highest BCUT2D eigenvalue weighted by molar-refractivity contribution is 7.89. The minimum atomic E-state index is -3.84. The Morgan fingerprint density at radius 3 is 2.24 bits per heavy atom. The van der Waals surface area contributed by atoms with E-state index in [9.17, 15) is 12.6 Å². The Hall–Kier alpha value is -2.14. The van der Waals surface area contributed by atoms with Crippen LogP contribution in [0.1, 0.15) is 64.0 Å². The molecule has 0 amide bonds. The van der Waals surface area contributed by atoms with Crippen molar-refractivity contribution in [1.29, 1.82) is 0 Å². The molecule has 0 heterocycles.